The molecule has 0 aromatic heterocycles. The molecular formula is C13H17BrClFN2O. The summed E-state index contributed by atoms with van der Waals surface area (Å²) in [6.45, 7) is 3.30. The van der Waals surface area contributed by atoms with E-state index in [0.29, 0.717) is 29.0 Å². The van der Waals surface area contributed by atoms with Gasteiger partial charge in [-0.05, 0) is 53.4 Å². The fourth-order valence-corrected chi connectivity index (χ4v) is 2.65. The molecule has 0 saturated carbocycles. The molecule has 2 rings (SSSR count). The Labute approximate surface area is 126 Å². The Morgan fingerprint density at radius 2 is 2.26 bits per heavy atom. The molecule has 0 aliphatic carbocycles. The van der Waals surface area contributed by atoms with Crippen LogP contribution in [-0.2, 0) is 0 Å². The maximum absolute atomic E-state index is 13.2. The molecular weight excluding hydrogens is 335 g/mol. The number of hydrogen-bond donors (Lipinski definition) is 1. The van der Waals surface area contributed by atoms with Crippen LogP contribution in [0, 0.1) is 11.7 Å². The second-order valence-corrected chi connectivity index (χ2v) is 5.64. The number of halogens is 3. The second kappa shape index (κ2) is 6.68. The van der Waals surface area contributed by atoms with E-state index in [1.807, 2.05) is 6.92 Å². The summed E-state index contributed by atoms with van der Waals surface area (Å²) in [6, 6.07) is 4.24. The molecule has 19 heavy (non-hydrogen) atoms. The third-order valence-corrected chi connectivity index (χ3v) is 4.11. The molecule has 1 aliphatic rings. The lowest BCUT2D eigenvalue weighted by Crippen LogP contribution is -2.33. The minimum absolute atomic E-state index is 0. The first-order valence-electron chi connectivity index (χ1n) is 5.99. The molecule has 1 heterocycles. The van der Waals surface area contributed by atoms with Gasteiger partial charge in [-0.2, -0.15) is 0 Å². The van der Waals surface area contributed by atoms with Gasteiger partial charge in [-0.1, -0.05) is 0 Å². The lowest BCUT2D eigenvalue weighted by Gasteiger charge is -2.18. The molecule has 3 nitrogen and oxygen atoms in total. The van der Waals surface area contributed by atoms with E-state index in [-0.39, 0.29) is 24.4 Å². The molecule has 2 atom stereocenters. The molecule has 0 spiro atoms. The van der Waals surface area contributed by atoms with Crippen molar-refractivity contribution in [3.63, 3.8) is 0 Å². The average molecular weight is 352 g/mol. The van der Waals surface area contributed by atoms with Gasteiger partial charge in [0.15, 0.2) is 0 Å². The van der Waals surface area contributed by atoms with Crippen LogP contribution >= 0.6 is 28.3 Å². The monoisotopic (exact) mass is 350 g/mol. The Morgan fingerprint density at radius 1 is 1.58 bits per heavy atom. The third kappa shape index (κ3) is 3.68. The first kappa shape index (κ1) is 16.4. The standard InChI is InChI=1S/C13H16BrFN2O.ClH/c1-8(16)9-4-5-17(7-9)13(18)11-6-10(15)2-3-12(11)14;/h2-3,6,8-9H,4-5,7,16H2,1H3;1H. The summed E-state index contributed by atoms with van der Waals surface area (Å²) >= 11 is 3.28. The molecule has 2 unspecified atom stereocenters. The Hall–Kier alpha value is -0.650. The van der Waals surface area contributed by atoms with Gasteiger partial charge in [0.1, 0.15) is 5.82 Å². The quantitative estimate of drug-likeness (QED) is 0.890. The SMILES string of the molecule is CC(N)C1CCN(C(=O)c2cc(F)ccc2Br)C1.Cl. The molecule has 6 heteroatoms. The Balaban J connectivity index is 0.00000180. The van der Waals surface area contributed by atoms with Crippen molar-refractivity contribution >= 4 is 34.2 Å². The van der Waals surface area contributed by atoms with Crippen LogP contribution in [0.15, 0.2) is 22.7 Å². The smallest absolute Gasteiger partial charge is 0.255 e. The Bertz CT molecular complexity index is 470. The Morgan fingerprint density at radius 3 is 2.84 bits per heavy atom. The number of benzene rings is 1. The highest BCUT2D eigenvalue weighted by Gasteiger charge is 2.29. The van der Waals surface area contributed by atoms with E-state index in [2.05, 4.69) is 15.9 Å². The van der Waals surface area contributed by atoms with Gasteiger partial charge in [-0.15, -0.1) is 12.4 Å². The van der Waals surface area contributed by atoms with E-state index in [9.17, 15) is 9.18 Å². The highest BCUT2D eigenvalue weighted by Crippen LogP contribution is 2.24. The first-order valence-corrected chi connectivity index (χ1v) is 6.78. The number of carbonyl (C=O) groups is 1. The van der Waals surface area contributed by atoms with Crippen molar-refractivity contribution in [2.75, 3.05) is 13.1 Å². The van der Waals surface area contributed by atoms with Crippen LogP contribution in [-0.4, -0.2) is 29.9 Å². The van der Waals surface area contributed by atoms with Crippen LogP contribution in [0.3, 0.4) is 0 Å². The summed E-state index contributed by atoms with van der Waals surface area (Å²) in [5.41, 5.74) is 6.22. The second-order valence-electron chi connectivity index (χ2n) is 4.78. The number of hydrogen-bond acceptors (Lipinski definition) is 2. The van der Waals surface area contributed by atoms with Gasteiger partial charge in [-0.3, -0.25) is 4.79 Å². The van der Waals surface area contributed by atoms with E-state index in [1.165, 1.54) is 12.1 Å². The van der Waals surface area contributed by atoms with E-state index in [0.717, 1.165) is 6.42 Å². The summed E-state index contributed by atoms with van der Waals surface area (Å²) in [6.07, 6.45) is 0.913. The molecule has 2 N–H and O–H groups in total. The minimum atomic E-state index is -0.399. The molecule has 1 fully saturated rings. The van der Waals surface area contributed by atoms with Crippen molar-refractivity contribution < 1.29 is 9.18 Å². The number of rotatable bonds is 2. The van der Waals surface area contributed by atoms with Gasteiger partial charge in [-0.25, -0.2) is 4.39 Å². The molecule has 1 amide bonds. The van der Waals surface area contributed by atoms with Crippen LogP contribution in [0.1, 0.15) is 23.7 Å². The highest BCUT2D eigenvalue weighted by atomic mass is 79.9. The lowest BCUT2D eigenvalue weighted by atomic mass is 10.0. The van der Waals surface area contributed by atoms with Crippen molar-refractivity contribution in [3.8, 4) is 0 Å². The fourth-order valence-electron chi connectivity index (χ4n) is 2.23. The molecule has 1 aliphatic heterocycles. The lowest BCUT2D eigenvalue weighted by molar-refractivity contribution is 0.0784. The van der Waals surface area contributed by atoms with Crippen LogP contribution in [0.2, 0.25) is 0 Å². The van der Waals surface area contributed by atoms with E-state index >= 15 is 0 Å². The summed E-state index contributed by atoms with van der Waals surface area (Å²) in [5.74, 6) is -0.199. The van der Waals surface area contributed by atoms with Crippen LogP contribution in [0.5, 0.6) is 0 Å². The third-order valence-electron chi connectivity index (χ3n) is 3.41. The van der Waals surface area contributed by atoms with Crippen molar-refractivity contribution in [2.24, 2.45) is 11.7 Å². The summed E-state index contributed by atoms with van der Waals surface area (Å²) in [5, 5.41) is 0. The van der Waals surface area contributed by atoms with Crippen molar-refractivity contribution in [2.45, 2.75) is 19.4 Å². The van der Waals surface area contributed by atoms with E-state index in [1.54, 1.807) is 11.0 Å². The zero-order valence-corrected chi connectivity index (χ0v) is 13.0. The van der Waals surface area contributed by atoms with E-state index in [4.69, 9.17) is 5.73 Å². The van der Waals surface area contributed by atoms with Crippen molar-refractivity contribution in [3.05, 3.63) is 34.1 Å². The fraction of sp³-hybridized carbons (Fsp3) is 0.462. The van der Waals surface area contributed by atoms with Gasteiger partial charge in [0, 0.05) is 23.6 Å². The number of carbonyl (C=O) groups excluding carboxylic acids is 1. The zero-order chi connectivity index (χ0) is 13.3. The largest absolute Gasteiger partial charge is 0.338 e. The van der Waals surface area contributed by atoms with Gasteiger partial charge in [0.25, 0.3) is 5.91 Å². The minimum Gasteiger partial charge on any atom is -0.338 e. The number of likely N-dealkylation sites (tertiary alicyclic amines) is 1. The predicted molar refractivity (Wildman–Crippen MR) is 79.0 cm³/mol. The van der Waals surface area contributed by atoms with Gasteiger partial charge >= 0.3 is 0 Å². The number of nitrogens with zero attached hydrogens (tertiary/aromatic N) is 1. The highest BCUT2D eigenvalue weighted by molar-refractivity contribution is 9.10. The molecule has 1 aromatic rings. The maximum Gasteiger partial charge on any atom is 0.255 e. The normalized spacial score (nSPS) is 20.0. The topological polar surface area (TPSA) is 46.3 Å². The van der Waals surface area contributed by atoms with Crippen molar-refractivity contribution in [1.82, 2.24) is 4.90 Å². The van der Waals surface area contributed by atoms with Crippen LogP contribution in [0.4, 0.5) is 4.39 Å². The van der Waals surface area contributed by atoms with Crippen molar-refractivity contribution in [1.29, 1.82) is 0 Å². The van der Waals surface area contributed by atoms with Crippen LogP contribution in [0.25, 0.3) is 0 Å². The maximum atomic E-state index is 13.2. The summed E-state index contributed by atoms with van der Waals surface area (Å²) in [4.78, 5) is 14.0. The number of nitrogens with two attached hydrogens (primary N) is 1. The molecule has 1 aromatic carbocycles. The van der Waals surface area contributed by atoms with Gasteiger partial charge < -0.3 is 10.6 Å². The molecule has 106 valence electrons. The Kier molecular flexibility index (Phi) is 5.77. The predicted octanol–water partition coefficient (Wildman–Crippen LogP) is 2.82. The molecule has 1 saturated heterocycles. The molecule has 0 radical (unpaired) electrons. The van der Waals surface area contributed by atoms with Gasteiger partial charge in [0.2, 0.25) is 0 Å². The summed E-state index contributed by atoms with van der Waals surface area (Å²) < 4.78 is 13.8. The average Bonchev–Trinajstić information content (AvgIpc) is 2.81. The number of amides is 1. The van der Waals surface area contributed by atoms with Crippen LogP contribution < -0.4 is 5.73 Å². The molecule has 0 bridgehead atoms. The summed E-state index contributed by atoms with van der Waals surface area (Å²) in [7, 11) is 0. The first-order chi connectivity index (χ1) is 8.49. The van der Waals surface area contributed by atoms with Gasteiger partial charge in [0.05, 0.1) is 5.56 Å². The zero-order valence-electron chi connectivity index (χ0n) is 10.6. The van der Waals surface area contributed by atoms with E-state index < -0.39 is 5.82 Å².